The van der Waals surface area contributed by atoms with Crippen molar-refractivity contribution in [3.8, 4) is 56.6 Å². The number of pyridine rings is 2. The van der Waals surface area contributed by atoms with Crippen LogP contribution in [-0.4, -0.2) is 46.6 Å². The molecule has 0 bridgehead atoms. The normalized spacial score (nSPS) is 12.4. The molecule has 10 aromatic rings. The van der Waals surface area contributed by atoms with Crippen molar-refractivity contribution in [2.75, 3.05) is 5.75 Å². The van der Waals surface area contributed by atoms with Gasteiger partial charge in [-0.2, -0.15) is 26.3 Å². The second-order valence-electron chi connectivity index (χ2n) is 18.5. The molecule has 10 rings (SSSR count). The minimum Gasteiger partial charge on any atom is -0.457 e. The van der Waals surface area contributed by atoms with Crippen LogP contribution in [0, 0.1) is 0 Å². The molecule has 0 radical (unpaired) electrons. The lowest BCUT2D eigenvalue weighted by atomic mass is 10.00. The highest BCUT2D eigenvalue weighted by Gasteiger charge is 2.37. The summed E-state index contributed by atoms with van der Waals surface area (Å²) in [6.45, 7) is 4.68. The zero-order valence-electron chi connectivity index (χ0n) is 41.3. The van der Waals surface area contributed by atoms with Gasteiger partial charge in [0.2, 0.25) is 0 Å². The van der Waals surface area contributed by atoms with Crippen LogP contribution in [0.25, 0.3) is 44.9 Å². The zero-order valence-corrected chi connectivity index (χ0v) is 43.0. The van der Waals surface area contributed by atoms with Crippen molar-refractivity contribution in [2.45, 2.75) is 61.0 Å². The molecule has 0 saturated heterocycles. The molecule has 392 valence electrons. The van der Waals surface area contributed by atoms with Gasteiger partial charge in [-0.25, -0.2) is 26.8 Å². The third-order valence-corrected chi connectivity index (χ3v) is 16.9. The molecular weight excluding hydrogens is 1040 g/mol. The van der Waals surface area contributed by atoms with E-state index >= 15 is 13.2 Å². The standard InChI is InChI=1S/C59H46F6N4O6S2/c1-4-76(70,71)48-21-10-19-46(34-48)74-45-18-9-16-42(32-45)55-53(29-38-13-6-5-7-14-38)67-57-51(59(63,64)65)33-43(36-69(55)57)40-26-24-39(25-27-40)30-52-54(68-28-12-23-50(56(68)66-52)58(60,61)62)41-15-8-17-44(31-41)75-47-20-11-22-49(35-47)77(72,73)37(2)3/h5-28,31-37H,4,29-30H2,1-3H3. The molecule has 0 saturated carbocycles. The molecule has 0 aliphatic rings. The van der Waals surface area contributed by atoms with Crippen LogP contribution < -0.4 is 9.47 Å². The van der Waals surface area contributed by atoms with Gasteiger partial charge in [0.05, 0.1) is 54.7 Å². The average molecular weight is 1090 g/mol. The summed E-state index contributed by atoms with van der Waals surface area (Å²) in [5.41, 5.74) is 1.55. The Hall–Kier alpha value is -8.22. The van der Waals surface area contributed by atoms with Crippen molar-refractivity contribution in [3.05, 3.63) is 216 Å². The van der Waals surface area contributed by atoms with Crippen LogP contribution in [0.3, 0.4) is 0 Å². The van der Waals surface area contributed by atoms with Crippen LogP contribution in [0.5, 0.6) is 23.0 Å². The number of alkyl halides is 6. The number of nitrogens with zero attached hydrogens (tertiary/aromatic N) is 4. The lowest BCUT2D eigenvalue weighted by Gasteiger charge is -2.14. The zero-order chi connectivity index (χ0) is 54.4. The lowest BCUT2D eigenvalue weighted by Crippen LogP contribution is -2.13. The summed E-state index contributed by atoms with van der Waals surface area (Å²) < 4.78 is 156. The summed E-state index contributed by atoms with van der Waals surface area (Å²) in [6, 6.07) is 44.5. The van der Waals surface area contributed by atoms with E-state index in [0.717, 1.165) is 17.7 Å². The third-order valence-electron chi connectivity index (χ3n) is 13.0. The summed E-state index contributed by atoms with van der Waals surface area (Å²) in [5.74, 6) is 0.929. The lowest BCUT2D eigenvalue weighted by molar-refractivity contribution is -0.137. The Morgan fingerprint density at radius 2 is 0.987 bits per heavy atom. The summed E-state index contributed by atoms with van der Waals surface area (Å²) >= 11 is 0. The number of benzene rings is 6. The molecule has 18 heteroatoms. The Bertz CT molecular complexity index is 4080. The van der Waals surface area contributed by atoms with Gasteiger partial charge < -0.3 is 9.47 Å². The SMILES string of the molecule is CCS(=O)(=O)c1cccc(Oc2cccc(-c3c(Cc4ccccc4)nc4c(C(F)(F)F)cc(-c5ccc(Cc6nc7c(C(F)(F)F)cccn7c6-c6cccc(Oc7cccc(S(=O)(=O)C(C)C)c7)c6)cc5)cn34)c2)c1. The van der Waals surface area contributed by atoms with Gasteiger partial charge in [0.15, 0.2) is 19.7 Å². The second kappa shape index (κ2) is 20.4. The van der Waals surface area contributed by atoms with E-state index in [1.54, 1.807) is 117 Å². The first-order valence-electron chi connectivity index (χ1n) is 24.2. The Labute approximate surface area is 439 Å². The van der Waals surface area contributed by atoms with Gasteiger partial charge in [-0.1, -0.05) is 97.9 Å². The van der Waals surface area contributed by atoms with Crippen molar-refractivity contribution in [2.24, 2.45) is 0 Å². The van der Waals surface area contributed by atoms with E-state index in [9.17, 15) is 30.0 Å². The molecule has 0 aliphatic carbocycles. The second-order valence-corrected chi connectivity index (χ2v) is 23.3. The molecule has 6 aromatic carbocycles. The van der Waals surface area contributed by atoms with Crippen molar-refractivity contribution < 1.29 is 52.7 Å². The predicted molar refractivity (Wildman–Crippen MR) is 282 cm³/mol. The van der Waals surface area contributed by atoms with Crippen LogP contribution in [0.2, 0.25) is 0 Å². The number of ether oxygens (including phenoxy) is 2. The van der Waals surface area contributed by atoms with E-state index in [4.69, 9.17) is 9.47 Å². The van der Waals surface area contributed by atoms with Gasteiger partial charge in [0, 0.05) is 36.4 Å². The fraction of sp³-hybridized carbons (Fsp3) is 0.153. The topological polar surface area (TPSA) is 121 Å². The minimum absolute atomic E-state index is 0.00720. The summed E-state index contributed by atoms with van der Waals surface area (Å²) in [6.07, 6.45) is -6.37. The first-order valence-corrected chi connectivity index (χ1v) is 27.4. The highest BCUT2D eigenvalue weighted by molar-refractivity contribution is 7.92. The van der Waals surface area contributed by atoms with E-state index in [2.05, 4.69) is 9.97 Å². The number of fused-ring (bicyclic) bond motifs is 2. The highest BCUT2D eigenvalue weighted by atomic mass is 32.2. The summed E-state index contributed by atoms with van der Waals surface area (Å²) in [5, 5.41) is -0.681. The maximum atomic E-state index is 15.3. The molecule has 10 nitrogen and oxygen atoms in total. The van der Waals surface area contributed by atoms with Crippen molar-refractivity contribution >= 4 is 31.0 Å². The molecule has 0 unspecified atom stereocenters. The number of hydrogen-bond acceptors (Lipinski definition) is 8. The molecule has 0 spiro atoms. The number of rotatable bonds is 15. The summed E-state index contributed by atoms with van der Waals surface area (Å²) in [7, 11) is -7.18. The molecule has 0 amide bonds. The van der Waals surface area contributed by atoms with E-state index in [1.807, 2.05) is 30.3 Å². The molecule has 0 atom stereocenters. The van der Waals surface area contributed by atoms with Gasteiger partial charge in [-0.3, -0.25) is 8.80 Å². The smallest absolute Gasteiger partial charge is 0.420 e. The number of hydrogen-bond donors (Lipinski definition) is 0. The van der Waals surface area contributed by atoms with Crippen LogP contribution in [0.1, 0.15) is 54.4 Å². The van der Waals surface area contributed by atoms with E-state index in [1.165, 1.54) is 52.3 Å². The van der Waals surface area contributed by atoms with Gasteiger partial charge in [0.1, 0.15) is 34.3 Å². The van der Waals surface area contributed by atoms with Gasteiger partial charge in [-0.15, -0.1) is 0 Å². The molecule has 0 N–H and O–H groups in total. The molecule has 4 heterocycles. The summed E-state index contributed by atoms with van der Waals surface area (Å²) in [4.78, 5) is 9.36. The Kier molecular flexibility index (Phi) is 13.8. The molecule has 4 aromatic heterocycles. The van der Waals surface area contributed by atoms with E-state index in [-0.39, 0.29) is 68.2 Å². The number of imidazole rings is 2. The van der Waals surface area contributed by atoms with Crippen LogP contribution in [-0.2, 0) is 44.9 Å². The molecular formula is C59H46F6N4O6S2. The Balaban J connectivity index is 1.03. The minimum atomic E-state index is -4.85. The molecule has 0 fully saturated rings. The fourth-order valence-electron chi connectivity index (χ4n) is 9.12. The van der Waals surface area contributed by atoms with Crippen molar-refractivity contribution in [1.29, 1.82) is 0 Å². The van der Waals surface area contributed by atoms with Gasteiger partial charge >= 0.3 is 12.4 Å². The maximum absolute atomic E-state index is 15.3. The Morgan fingerprint density at radius 1 is 0.494 bits per heavy atom. The maximum Gasteiger partial charge on any atom is 0.420 e. The van der Waals surface area contributed by atoms with E-state index < -0.39 is 48.4 Å². The molecule has 0 aliphatic heterocycles. The van der Waals surface area contributed by atoms with Crippen molar-refractivity contribution in [1.82, 2.24) is 18.8 Å². The number of sulfone groups is 2. The van der Waals surface area contributed by atoms with Gasteiger partial charge in [0.25, 0.3) is 0 Å². The first-order chi connectivity index (χ1) is 36.7. The van der Waals surface area contributed by atoms with Crippen molar-refractivity contribution in [3.63, 3.8) is 0 Å². The quantitative estimate of drug-likeness (QED) is 0.0931. The highest BCUT2D eigenvalue weighted by Crippen LogP contribution is 2.41. The van der Waals surface area contributed by atoms with Gasteiger partial charge in [-0.05, 0) is 115 Å². The monoisotopic (exact) mass is 1080 g/mol. The number of aromatic nitrogens is 4. The largest absolute Gasteiger partial charge is 0.457 e. The predicted octanol–water partition coefficient (Wildman–Crippen LogP) is 14.8. The molecule has 77 heavy (non-hydrogen) atoms. The Morgan fingerprint density at radius 3 is 1.53 bits per heavy atom. The van der Waals surface area contributed by atoms with Crippen LogP contribution in [0.15, 0.2) is 192 Å². The van der Waals surface area contributed by atoms with Crippen LogP contribution >= 0.6 is 0 Å². The number of halogens is 6. The third kappa shape index (κ3) is 10.8. The first kappa shape index (κ1) is 52.2. The fourth-order valence-corrected chi connectivity index (χ4v) is 11.1. The average Bonchev–Trinajstić information content (AvgIpc) is 3.98. The van der Waals surface area contributed by atoms with E-state index in [0.29, 0.717) is 45.1 Å². The van der Waals surface area contributed by atoms with Crippen LogP contribution in [0.4, 0.5) is 26.3 Å².